The zero-order valence-corrected chi connectivity index (χ0v) is 15.5. The highest BCUT2D eigenvalue weighted by atomic mass is 16.7. The maximum absolute atomic E-state index is 6.15. The summed E-state index contributed by atoms with van der Waals surface area (Å²) < 4.78 is 25.4. The fourth-order valence-corrected chi connectivity index (χ4v) is 3.44. The van der Waals surface area contributed by atoms with E-state index in [1.807, 2.05) is 10.9 Å². The number of ether oxygens (including phenoxy) is 2. The predicted octanol–water partition coefficient (Wildman–Crippen LogP) is 1.92. The third-order valence-electron chi connectivity index (χ3n) is 5.76. The van der Waals surface area contributed by atoms with Crippen molar-refractivity contribution in [3.63, 3.8) is 0 Å². The first kappa shape index (κ1) is 17.0. The third kappa shape index (κ3) is 2.70. The van der Waals surface area contributed by atoms with Gasteiger partial charge in [0.1, 0.15) is 12.1 Å². The number of nitrogens with zero attached hydrogens (tertiary/aromatic N) is 2. The van der Waals surface area contributed by atoms with Gasteiger partial charge in [-0.15, -0.1) is 0 Å². The van der Waals surface area contributed by atoms with Crippen molar-refractivity contribution in [2.24, 2.45) is 0 Å². The van der Waals surface area contributed by atoms with Crippen LogP contribution in [0.1, 0.15) is 33.7 Å². The van der Waals surface area contributed by atoms with Crippen LogP contribution in [0.15, 0.2) is 24.4 Å². The van der Waals surface area contributed by atoms with Gasteiger partial charge in [-0.25, -0.2) is 0 Å². The summed E-state index contributed by atoms with van der Waals surface area (Å²) in [6, 6.07) is 6.33. The summed E-state index contributed by atoms with van der Waals surface area (Å²) in [7, 11) is 1.35. The highest BCUT2D eigenvalue weighted by Gasteiger charge is 2.51. The Morgan fingerprint density at radius 3 is 2.56 bits per heavy atom. The minimum Gasteiger partial charge on any atom is -0.399 e. The topological polar surface area (TPSA) is 54.7 Å². The summed E-state index contributed by atoms with van der Waals surface area (Å²) in [5.41, 5.74) is 1.39. The summed E-state index contributed by atoms with van der Waals surface area (Å²) in [5.74, 6) is 0. The lowest BCUT2D eigenvalue weighted by Gasteiger charge is -2.32. The van der Waals surface area contributed by atoms with E-state index in [4.69, 9.17) is 18.8 Å². The van der Waals surface area contributed by atoms with Crippen molar-refractivity contribution in [1.29, 1.82) is 0 Å². The molecule has 0 N–H and O–H groups in total. The number of rotatable bonds is 3. The molecule has 0 unspecified atom stereocenters. The maximum Gasteiger partial charge on any atom is 0.494 e. The van der Waals surface area contributed by atoms with E-state index < -0.39 is 0 Å². The molecule has 1 aromatic heterocycles. The van der Waals surface area contributed by atoms with Crippen molar-refractivity contribution in [2.45, 2.75) is 51.0 Å². The standard InChI is InChI=1S/C18H25BN2O4/c1-17(2)18(3,4)25-19(24-17)13-6-7-14-12(8-13)9-20-21(14)15-10-23-11-16(15)22-5/h6-9,15-16H,10-11H2,1-5H3/t15-,16+/m0/s1. The Balaban J connectivity index is 1.65. The normalized spacial score (nSPS) is 28.1. The lowest BCUT2D eigenvalue weighted by atomic mass is 9.79. The first-order valence-electron chi connectivity index (χ1n) is 8.76. The van der Waals surface area contributed by atoms with E-state index >= 15 is 0 Å². The molecular weight excluding hydrogens is 319 g/mol. The number of fused-ring (bicyclic) bond motifs is 1. The SMILES string of the molecule is CO[C@@H]1COC[C@@H]1n1ncc2cc(B3OC(C)(C)C(C)(C)O3)ccc21. The Hall–Kier alpha value is -1.41. The van der Waals surface area contributed by atoms with Crippen LogP contribution in [0.25, 0.3) is 10.9 Å². The van der Waals surface area contributed by atoms with Crippen LogP contribution in [-0.2, 0) is 18.8 Å². The molecule has 134 valence electrons. The van der Waals surface area contributed by atoms with E-state index in [1.54, 1.807) is 7.11 Å². The monoisotopic (exact) mass is 344 g/mol. The molecule has 2 aliphatic rings. The molecule has 0 saturated carbocycles. The maximum atomic E-state index is 6.15. The van der Waals surface area contributed by atoms with Crippen LogP contribution >= 0.6 is 0 Å². The van der Waals surface area contributed by atoms with Gasteiger partial charge in [0.05, 0.1) is 36.1 Å². The predicted molar refractivity (Wildman–Crippen MR) is 96.1 cm³/mol. The molecule has 0 bridgehead atoms. The van der Waals surface area contributed by atoms with Crippen LogP contribution in [-0.4, -0.2) is 54.5 Å². The molecule has 0 radical (unpaired) electrons. The third-order valence-corrected chi connectivity index (χ3v) is 5.76. The number of methoxy groups -OCH3 is 1. The van der Waals surface area contributed by atoms with Gasteiger partial charge in [0.15, 0.2) is 0 Å². The summed E-state index contributed by atoms with van der Waals surface area (Å²) in [6.45, 7) is 9.48. The number of hydrogen-bond acceptors (Lipinski definition) is 5. The van der Waals surface area contributed by atoms with Crippen LogP contribution in [0, 0.1) is 0 Å². The van der Waals surface area contributed by atoms with Gasteiger partial charge in [0, 0.05) is 12.5 Å². The second-order valence-electron chi connectivity index (χ2n) is 7.87. The van der Waals surface area contributed by atoms with Gasteiger partial charge in [0.25, 0.3) is 0 Å². The molecule has 2 aliphatic heterocycles. The van der Waals surface area contributed by atoms with E-state index in [0.29, 0.717) is 13.2 Å². The molecule has 0 spiro atoms. The van der Waals surface area contributed by atoms with Crippen molar-refractivity contribution in [3.8, 4) is 0 Å². The Bertz CT molecular complexity index is 772. The summed E-state index contributed by atoms with van der Waals surface area (Å²) >= 11 is 0. The Morgan fingerprint density at radius 1 is 1.16 bits per heavy atom. The first-order valence-corrected chi connectivity index (χ1v) is 8.76. The fourth-order valence-electron chi connectivity index (χ4n) is 3.44. The molecule has 0 aliphatic carbocycles. The molecule has 1 aromatic carbocycles. The molecule has 2 aromatic rings. The molecule has 6 nitrogen and oxygen atoms in total. The molecular formula is C18H25BN2O4. The summed E-state index contributed by atoms with van der Waals surface area (Å²) in [6.07, 6.45) is 1.92. The van der Waals surface area contributed by atoms with Gasteiger partial charge < -0.3 is 18.8 Å². The van der Waals surface area contributed by atoms with Crippen LogP contribution in [0.5, 0.6) is 0 Å². The van der Waals surface area contributed by atoms with E-state index in [9.17, 15) is 0 Å². The molecule has 25 heavy (non-hydrogen) atoms. The summed E-state index contributed by atoms with van der Waals surface area (Å²) in [5, 5.41) is 5.64. The zero-order chi connectivity index (χ0) is 17.8. The largest absolute Gasteiger partial charge is 0.494 e. The van der Waals surface area contributed by atoms with Crippen molar-refractivity contribution in [3.05, 3.63) is 24.4 Å². The van der Waals surface area contributed by atoms with Gasteiger partial charge in [-0.05, 0) is 39.2 Å². The average molecular weight is 344 g/mol. The minimum absolute atomic E-state index is 0.0332. The van der Waals surface area contributed by atoms with Crippen LogP contribution < -0.4 is 5.46 Å². The van der Waals surface area contributed by atoms with E-state index in [-0.39, 0.29) is 30.5 Å². The van der Waals surface area contributed by atoms with E-state index in [1.165, 1.54) is 0 Å². The number of aromatic nitrogens is 2. The van der Waals surface area contributed by atoms with Gasteiger partial charge in [-0.2, -0.15) is 5.10 Å². The zero-order valence-electron chi connectivity index (χ0n) is 15.5. The van der Waals surface area contributed by atoms with Crippen LogP contribution in [0.2, 0.25) is 0 Å². The second kappa shape index (κ2) is 5.81. The Kier molecular flexibility index (Phi) is 3.96. The van der Waals surface area contributed by atoms with Gasteiger partial charge in [0.2, 0.25) is 0 Å². The quantitative estimate of drug-likeness (QED) is 0.797. The molecule has 4 rings (SSSR count). The molecule has 0 amide bonds. The molecule has 3 heterocycles. The molecule has 2 saturated heterocycles. The lowest BCUT2D eigenvalue weighted by Crippen LogP contribution is -2.41. The van der Waals surface area contributed by atoms with Gasteiger partial charge >= 0.3 is 7.12 Å². The van der Waals surface area contributed by atoms with Crippen LogP contribution in [0.3, 0.4) is 0 Å². The minimum atomic E-state index is -0.362. The van der Waals surface area contributed by atoms with Crippen molar-refractivity contribution >= 4 is 23.5 Å². The Morgan fingerprint density at radius 2 is 1.88 bits per heavy atom. The first-order chi connectivity index (χ1) is 11.8. The average Bonchev–Trinajstić information content (AvgIpc) is 3.22. The lowest BCUT2D eigenvalue weighted by molar-refractivity contribution is 0.00578. The van der Waals surface area contributed by atoms with Crippen LogP contribution in [0.4, 0.5) is 0 Å². The highest BCUT2D eigenvalue weighted by Crippen LogP contribution is 2.36. The van der Waals surface area contributed by atoms with Crippen molar-refractivity contribution in [1.82, 2.24) is 9.78 Å². The molecule has 2 atom stereocenters. The van der Waals surface area contributed by atoms with E-state index in [0.717, 1.165) is 16.4 Å². The second-order valence-corrected chi connectivity index (χ2v) is 7.87. The van der Waals surface area contributed by atoms with Gasteiger partial charge in [-0.1, -0.05) is 12.1 Å². The molecule has 7 heteroatoms. The number of benzene rings is 1. The smallest absolute Gasteiger partial charge is 0.399 e. The molecule has 2 fully saturated rings. The summed E-state index contributed by atoms with van der Waals surface area (Å²) in [4.78, 5) is 0. The number of hydrogen-bond donors (Lipinski definition) is 0. The van der Waals surface area contributed by atoms with Crippen molar-refractivity contribution < 1.29 is 18.8 Å². The Labute approximate surface area is 148 Å². The van der Waals surface area contributed by atoms with Crippen molar-refractivity contribution in [2.75, 3.05) is 20.3 Å². The van der Waals surface area contributed by atoms with E-state index in [2.05, 4.69) is 51.0 Å². The van der Waals surface area contributed by atoms with Gasteiger partial charge in [-0.3, -0.25) is 4.68 Å². The fraction of sp³-hybridized carbons (Fsp3) is 0.611. The highest BCUT2D eigenvalue weighted by molar-refractivity contribution is 6.62.